The number of nitrogens with one attached hydrogen (secondary N) is 1. The number of nitrogens with two attached hydrogens (primary N) is 1. The number of anilines is 1. The highest BCUT2D eigenvalue weighted by Crippen LogP contribution is 2.31. The Morgan fingerprint density at radius 3 is 2.67 bits per heavy atom. The minimum Gasteiger partial charge on any atom is -0.367 e. The molecule has 1 aromatic heterocycles. The third-order valence-electron chi connectivity index (χ3n) is 3.73. The van der Waals surface area contributed by atoms with Gasteiger partial charge in [-0.15, -0.1) is 0 Å². The van der Waals surface area contributed by atoms with E-state index in [1.165, 1.54) is 0 Å². The summed E-state index contributed by atoms with van der Waals surface area (Å²) in [6, 6.07) is 1.87. The Kier molecular flexibility index (Phi) is 4.39. The van der Waals surface area contributed by atoms with E-state index in [4.69, 9.17) is 5.73 Å². The lowest BCUT2D eigenvalue weighted by Gasteiger charge is -2.28. The molecule has 0 radical (unpaired) electrons. The van der Waals surface area contributed by atoms with Crippen molar-refractivity contribution in [2.24, 2.45) is 11.7 Å². The molecular formula is C14H18F3N3O. The topological polar surface area (TPSA) is 68.0 Å². The van der Waals surface area contributed by atoms with Crippen LogP contribution in [-0.4, -0.2) is 16.9 Å². The first-order valence-corrected chi connectivity index (χ1v) is 6.92. The summed E-state index contributed by atoms with van der Waals surface area (Å²) in [5.41, 5.74) is 4.16. The van der Waals surface area contributed by atoms with Gasteiger partial charge in [0.05, 0.1) is 5.56 Å². The first-order chi connectivity index (χ1) is 9.77. The Bertz CT molecular complexity index is 531. The van der Waals surface area contributed by atoms with E-state index in [9.17, 15) is 18.0 Å². The number of carbonyl (C=O) groups is 1. The van der Waals surface area contributed by atoms with Gasteiger partial charge in [0, 0.05) is 6.04 Å². The van der Waals surface area contributed by atoms with Crippen LogP contribution in [0, 0.1) is 5.92 Å². The highest BCUT2D eigenvalue weighted by Gasteiger charge is 2.33. The Labute approximate surface area is 120 Å². The van der Waals surface area contributed by atoms with E-state index in [1.807, 2.05) is 0 Å². The maximum atomic E-state index is 12.7. The summed E-state index contributed by atoms with van der Waals surface area (Å²) in [6.07, 6.45) is -0.746. The molecule has 21 heavy (non-hydrogen) atoms. The van der Waals surface area contributed by atoms with Gasteiger partial charge in [0.2, 0.25) is 0 Å². The molecule has 3 N–H and O–H groups in total. The highest BCUT2D eigenvalue weighted by molar-refractivity contribution is 5.97. The number of nitrogens with zero attached hydrogens (tertiary/aromatic N) is 1. The molecule has 1 aliphatic carbocycles. The van der Waals surface area contributed by atoms with Crippen molar-refractivity contribution in [3.05, 3.63) is 23.4 Å². The molecule has 0 aromatic carbocycles. The normalized spacial score (nSPS) is 22.9. The van der Waals surface area contributed by atoms with Crippen LogP contribution in [0.5, 0.6) is 0 Å². The van der Waals surface area contributed by atoms with Crippen LogP contribution < -0.4 is 11.1 Å². The van der Waals surface area contributed by atoms with Gasteiger partial charge in [-0.2, -0.15) is 13.2 Å². The van der Waals surface area contributed by atoms with E-state index in [0.29, 0.717) is 5.92 Å². The van der Waals surface area contributed by atoms with Crippen molar-refractivity contribution >= 4 is 11.7 Å². The molecular weight excluding hydrogens is 283 g/mol. The Morgan fingerprint density at radius 2 is 2.10 bits per heavy atom. The van der Waals surface area contributed by atoms with Crippen LogP contribution in [0.4, 0.5) is 19.0 Å². The van der Waals surface area contributed by atoms with Crippen LogP contribution in [0.15, 0.2) is 12.1 Å². The summed E-state index contributed by atoms with van der Waals surface area (Å²) in [4.78, 5) is 14.9. The van der Waals surface area contributed by atoms with Crippen molar-refractivity contribution < 1.29 is 18.0 Å². The quantitative estimate of drug-likeness (QED) is 0.901. The van der Waals surface area contributed by atoms with Crippen molar-refractivity contribution in [3.8, 4) is 0 Å². The Morgan fingerprint density at radius 1 is 1.38 bits per heavy atom. The maximum Gasteiger partial charge on any atom is 0.433 e. The zero-order valence-corrected chi connectivity index (χ0v) is 11.7. The molecule has 1 fully saturated rings. The summed E-state index contributed by atoms with van der Waals surface area (Å²) in [6.45, 7) is 2.10. The van der Waals surface area contributed by atoms with Crippen molar-refractivity contribution in [3.63, 3.8) is 0 Å². The maximum absolute atomic E-state index is 12.7. The lowest BCUT2D eigenvalue weighted by Crippen LogP contribution is -2.29. The summed E-state index contributed by atoms with van der Waals surface area (Å²) in [5.74, 6) is -0.363. The monoisotopic (exact) mass is 301 g/mol. The van der Waals surface area contributed by atoms with Gasteiger partial charge in [0.25, 0.3) is 5.91 Å². The van der Waals surface area contributed by atoms with Crippen LogP contribution >= 0.6 is 0 Å². The number of rotatable bonds is 3. The Hall–Kier alpha value is -1.79. The number of halogens is 3. The number of alkyl halides is 3. The second kappa shape index (κ2) is 5.91. The molecule has 4 nitrogen and oxygen atoms in total. The zero-order valence-electron chi connectivity index (χ0n) is 11.7. The van der Waals surface area contributed by atoms with E-state index in [2.05, 4.69) is 17.2 Å². The van der Waals surface area contributed by atoms with Gasteiger partial charge in [-0.1, -0.05) is 19.8 Å². The molecule has 2 unspecified atom stereocenters. The molecule has 0 aliphatic heterocycles. The summed E-state index contributed by atoms with van der Waals surface area (Å²) in [7, 11) is 0. The number of carbonyl (C=O) groups excluding carboxylic acids is 1. The average Bonchev–Trinajstić information content (AvgIpc) is 2.37. The highest BCUT2D eigenvalue weighted by atomic mass is 19.4. The lowest BCUT2D eigenvalue weighted by molar-refractivity contribution is -0.141. The van der Waals surface area contributed by atoms with Crippen LogP contribution in [0.2, 0.25) is 0 Å². The number of primary amides is 1. The van der Waals surface area contributed by atoms with Gasteiger partial charge in [0.15, 0.2) is 0 Å². The van der Waals surface area contributed by atoms with Gasteiger partial charge < -0.3 is 11.1 Å². The van der Waals surface area contributed by atoms with Crippen molar-refractivity contribution in [1.29, 1.82) is 0 Å². The number of aromatic nitrogens is 1. The molecule has 7 heteroatoms. The number of pyridine rings is 1. The van der Waals surface area contributed by atoms with Crippen LogP contribution in [0.3, 0.4) is 0 Å². The van der Waals surface area contributed by atoms with Crippen molar-refractivity contribution in [2.45, 2.75) is 44.8 Å². The second-order valence-electron chi connectivity index (χ2n) is 5.57. The fourth-order valence-corrected chi connectivity index (χ4v) is 2.68. The largest absolute Gasteiger partial charge is 0.433 e. The molecule has 1 aromatic rings. The molecule has 0 spiro atoms. The first-order valence-electron chi connectivity index (χ1n) is 6.92. The molecule has 1 heterocycles. The van der Waals surface area contributed by atoms with Crippen molar-refractivity contribution in [1.82, 2.24) is 4.98 Å². The molecule has 1 aliphatic rings. The smallest absolute Gasteiger partial charge is 0.367 e. The van der Waals surface area contributed by atoms with Gasteiger partial charge in [-0.3, -0.25) is 4.79 Å². The minimum atomic E-state index is -4.55. The van der Waals surface area contributed by atoms with Gasteiger partial charge in [0.1, 0.15) is 11.5 Å². The van der Waals surface area contributed by atoms with E-state index in [1.54, 1.807) is 0 Å². The molecule has 1 saturated carbocycles. The van der Waals surface area contributed by atoms with E-state index < -0.39 is 17.8 Å². The SMILES string of the molecule is CC1CCCC(Nc2nc(C(F)(F)F)ccc2C(N)=O)C1. The third-order valence-corrected chi connectivity index (χ3v) is 3.73. The molecule has 116 valence electrons. The average molecular weight is 301 g/mol. The standard InChI is InChI=1S/C14H18F3N3O/c1-8-3-2-4-9(7-8)19-13-10(12(18)21)5-6-11(20-13)14(15,16)17/h5-6,8-9H,2-4,7H2,1H3,(H2,18,21)(H,19,20). The van der Waals surface area contributed by atoms with Gasteiger partial charge in [-0.25, -0.2) is 4.98 Å². The fraction of sp³-hybridized carbons (Fsp3) is 0.571. The van der Waals surface area contributed by atoms with Gasteiger partial charge in [-0.05, 0) is 30.9 Å². The zero-order chi connectivity index (χ0) is 15.6. The Balaban J connectivity index is 2.28. The molecule has 0 bridgehead atoms. The van der Waals surface area contributed by atoms with Crippen molar-refractivity contribution in [2.75, 3.05) is 5.32 Å². The summed E-state index contributed by atoms with van der Waals surface area (Å²) >= 11 is 0. The third kappa shape index (κ3) is 3.86. The first kappa shape index (κ1) is 15.6. The van der Waals surface area contributed by atoms with Crippen LogP contribution in [-0.2, 0) is 6.18 Å². The predicted molar refractivity (Wildman–Crippen MR) is 72.8 cm³/mol. The molecule has 1 amide bonds. The molecule has 2 rings (SSSR count). The van der Waals surface area contributed by atoms with E-state index in [-0.39, 0.29) is 17.4 Å². The lowest BCUT2D eigenvalue weighted by atomic mass is 9.87. The number of hydrogen-bond donors (Lipinski definition) is 2. The number of amides is 1. The minimum absolute atomic E-state index is 0.0128. The summed E-state index contributed by atoms with van der Waals surface area (Å²) in [5, 5.41) is 2.96. The van der Waals surface area contributed by atoms with E-state index >= 15 is 0 Å². The number of hydrogen-bond acceptors (Lipinski definition) is 3. The summed E-state index contributed by atoms with van der Waals surface area (Å²) < 4.78 is 38.2. The second-order valence-corrected chi connectivity index (χ2v) is 5.57. The van der Waals surface area contributed by atoms with Crippen LogP contribution in [0.1, 0.15) is 48.7 Å². The predicted octanol–water partition coefficient (Wildman–Crippen LogP) is 3.19. The van der Waals surface area contributed by atoms with Gasteiger partial charge >= 0.3 is 6.18 Å². The molecule has 0 saturated heterocycles. The van der Waals surface area contributed by atoms with Crippen LogP contribution in [0.25, 0.3) is 0 Å². The van der Waals surface area contributed by atoms with E-state index in [0.717, 1.165) is 37.8 Å². The fourth-order valence-electron chi connectivity index (χ4n) is 2.68. The molecule has 2 atom stereocenters.